The van der Waals surface area contributed by atoms with Gasteiger partial charge < -0.3 is 0 Å². The van der Waals surface area contributed by atoms with Gasteiger partial charge >= 0.3 is 5.69 Å². The second-order valence-corrected chi connectivity index (χ2v) is 6.64. The zero-order chi connectivity index (χ0) is 18.9. The summed E-state index contributed by atoms with van der Waals surface area (Å²) in [6.45, 7) is 0.480. The van der Waals surface area contributed by atoms with Crippen molar-refractivity contribution in [3.63, 3.8) is 0 Å². The number of aromatic nitrogens is 5. The molecule has 4 aromatic heterocycles. The summed E-state index contributed by atoms with van der Waals surface area (Å²) >= 11 is 0. The Morgan fingerprint density at radius 3 is 2.71 bits per heavy atom. The number of benzene rings is 1. The summed E-state index contributed by atoms with van der Waals surface area (Å²) in [5.74, 6) is 0. The number of rotatable bonds is 4. The molecule has 5 rings (SSSR count). The van der Waals surface area contributed by atoms with Gasteiger partial charge in [0, 0.05) is 47.2 Å². The largest absolute Gasteiger partial charge is 0.350 e. The molecule has 6 heteroatoms. The van der Waals surface area contributed by atoms with E-state index in [2.05, 4.69) is 21.1 Å². The molecule has 0 atom stereocenters. The highest BCUT2D eigenvalue weighted by atomic mass is 16.2. The first kappa shape index (κ1) is 16.4. The van der Waals surface area contributed by atoms with Gasteiger partial charge in [0.1, 0.15) is 0 Å². The molecule has 6 nitrogen and oxygen atoms in total. The molecule has 0 saturated carbocycles. The van der Waals surface area contributed by atoms with Crippen LogP contribution in [0, 0.1) is 0 Å². The lowest BCUT2D eigenvalue weighted by atomic mass is 10.1. The molecule has 4 heterocycles. The predicted molar refractivity (Wildman–Crippen MR) is 108 cm³/mol. The fourth-order valence-corrected chi connectivity index (χ4v) is 3.34. The van der Waals surface area contributed by atoms with E-state index in [1.165, 1.54) is 4.68 Å². The molecule has 5 aromatic rings. The van der Waals surface area contributed by atoms with Gasteiger partial charge in [-0.25, -0.2) is 13.9 Å². The summed E-state index contributed by atoms with van der Waals surface area (Å²) in [6.07, 6.45) is 5.96. The summed E-state index contributed by atoms with van der Waals surface area (Å²) < 4.78 is 3.08. The van der Waals surface area contributed by atoms with Crippen LogP contribution in [0.25, 0.3) is 27.7 Å². The average Bonchev–Trinajstić information content (AvgIpc) is 3.08. The first-order chi connectivity index (χ1) is 13.8. The number of para-hydroxylation sites is 1. The number of fused-ring (bicyclic) bond motifs is 2. The summed E-state index contributed by atoms with van der Waals surface area (Å²) in [6, 6.07) is 19.7. The van der Waals surface area contributed by atoms with Crippen molar-refractivity contribution in [2.24, 2.45) is 0 Å². The molecular weight excluding hydrogens is 350 g/mol. The molecule has 0 bridgehead atoms. The lowest BCUT2D eigenvalue weighted by molar-refractivity contribution is 0.588. The fourth-order valence-electron chi connectivity index (χ4n) is 3.34. The number of aryl methyl sites for hydroxylation is 2. The van der Waals surface area contributed by atoms with Gasteiger partial charge in [-0.1, -0.05) is 30.3 Å². The minimum absolute atomic E-state index is 0.151. The molecular formula is C22H17N5O. The maximum atomic E-state index is 12.8. The summed E-state index contributed by atoms with van der Waals surface area (Å²) in [5, 5.41) is 5.56. The van der Waals surface area contributed by atoms with Crippen molar-refractivity contribution < 1.29 is 0 Å². The van der Waals surface area contributed by atoms with Crippen molar-refractivity contribution >= 4 is 16.6 Å². The molecule has 0 N–H and O–H groups in total. The SMILES string of the molecule is O=c1n(CCc2ccc3ccccc3n2)nc2ccc(-c3cccnc3)cn12. The van der Waals surface area contributed by atoms with Crippen LogP contribution in [0.5, 0.6) is 0 Å². The molecule has 1 aromatic carbocycles. The normalized spacial score (nSPS) is 11.3. The van der Waals surface area contributed by atoms with Gasteiger partial charge in [-0.3, -0.25) is 9.97 Å². The van der Waals surface area contributed by atoms with Crippen molar-refractivity contribution in [1.29, 1.82) is 0 Å². The monoisotopic (exact) mass is 367 g/mol. The van der Waals surface area contributed by atoms with Crippen molar-refractivity contribution in [3.05, 3.63) is 95.4 Å². The lowest BCUT2D eigenvalue weighted by Crippen LogP contribution is -2.22. The quantitative estimate of drug-likeness (QED) is 0.489. The molecule has 0 spiro atoms. The number of pyridine rings is 3. The van der Waals surface area contributed by atoms with Crippen LogP contribution in [-0.2, 0) is 13.0 Å². The highest BCUT2D eigenvalue weighted by molar-refractivity contribution is 5.78. The maximum absolute atomic E-state index is 12.8. The third-order valence-corrected chi connectivity index (χ3v) is 4.81. The fraction of sp³-hybridized carbons (Fsp3) is 0.0909. The Morgan fingerprint density at radius 1 is 0.893 bits per heavy atom. The number of nitrogens with zero attached hydrogens (tertiary/aromatic N) is 5. The standard InChI is InChI=1S/C22H17N5O/c28-22-26-15-18(17-5-3-12-23-14-17)8-10-21(26)25-27(22)13-11-19-9-7-16-4-1-2-6-20(16)24-19/h1-10,12,14-15H,11,13H2. The minimum Gasteiger partial charge on any atom is -0.264 e. The first-order valence-corrected chi connectivity index (χ1v) is 9.12. The molecule has 0 aliphatic heterocycles. The lowest BCUT2D eigenvalue weighted by Gasteiger charge is -2.02. The maximum Gasteiger partial charge on any atom is 0.350 e. The second-order valence-electron chi connectivity index (χ2n) is 6.64. The molecule has 0 unspecified atom stereocenters. The highest BCUT2D eigenvalue weighted by Gasteiger charge is 2.09. The van der Waals surface area contributed by atoms with Gasteiger partial charge in [0.25, 0.3) is 0 Å². The van der Waals surface area contributed by atoms with Crippen molar-refractivity contribution in [1.82, 2.24) is 24.1 Å². The Kier molecular flexibility index (Phi) is 3.94. The topological polar surface area (TPSA) is 65.1 Å². The van der Waals surface area contributed by atoms with E-state index in [0.717, 1.165) is 27.7 Å². The van der Waals surface area contributed by atoms with Gasteiger partial charge in [0.2, 0.25) is 0 Å². The van der Waals surface area contributed by atoms with Crippen LogP contribution in [0.3, 0.4) is 0 Å². The summed E-state index contributed by atoms with van der Waals surface area (Å²) in [7, 11) is 0. The average molecular weight is 367 g/mol. The van der Waals surface area contributed by atoms with Crippen LogP contribution in [0.4, 0.5) is 0 Å². The van der Waals surface area contributed by atoms with Crippen LogP contribution in [-0.4, -0.2) is 24.1 Å². The molecule has 0 saturated heterocycles. The smallest absolute Gasteiger partial charge is 0.264 e. The zero-order valence-corrected chi connectivity index (χ0v) is 15.1. The van der Waals surface area contributed by atoms with Crippen LogP contribution in [0.2, 0.25) is 0 Å². The van der Waals surface area contributed by atoms with Crippen molar-refractivity contribution in [3.8, 4) is 11.1 Å². The Morgan fingerprint density at radius 2 is 1.82 bits per heavy atom. The minimum atomic E-state index is -0.151. The highest BCUT2D eigenvalue weighted by Crippen LogP contribution is 2.17. The molecule has 0 fully saturated rings. The van der Waals surface area contributed by atoms with Crippen LogP contribution in [0.15, 0.2) is 84.0 Å². The van der Waals surface area contributed by atoms with E-state index in [0.29, 0.717) is 18.6 Å². The molecule has 136 valence electrons. The van der Waals surface area contributed by atoms with E-state index in [1.807, 2.05) is 60.8 Å². The van der Waals surface area contributed by atoms with Gasteiger partial charge in [-0.15, -0.1) is 5.10 Å². The Balaban J connectivity index is 1.44. The second kappa shape index (κ2) is 6.74. The van der Waals surface area contributed by atoms with Gasteiger partial charge in [-0.05, 0) is 30.3 Å². The Bertz CT molecular complexity index is 1340. The third kappa shape index (κ3) is 2.95. The number of hydrogen-bond acceptors (Lipinski definition) is 4. The van der Waals surface area contributed by atoms with Gasteiger partial charge in [0.15, 0.2) is 5.65 Å². The Hall–Kier alpha value is -3.80. The van der Waals surface area contributed by atoms with E-state index in [-0.39, 0.29) is 5.69 Å². The molecule has 0 amide bonds. The molecule has 0 aliphatic rings. The van der Waals surface area contributed by atoms with E-state index < -0.39 is 0 Å². The zero-order valence-electron chi connectivity index (χ0n) is 15.1. The van der Waals surface area contributed by atoms with Crippen molar-refractivity contribution in [2.45, 2.75) is 13.0 Å². The van der Waals surface area contributed by atoms with Gasteiger partial charge in [-0.2, -0.15) is 0 Å². The van der Waals surface area contributed by atoms with E-state index in [1.54, 1.807) is 16.8 Å². The summed E-state index contributed by atoms with van der Waals surface area (Å²) in [5.41, 5.74) is 4.27. The molecule has 28 heavy (non-hydrogen) atoms. The summed E-state index contributed by atoms with van der Waals surface area (Å²) in [4.78, 5) is 21.6. The van der Waals surface area contributed by atoms with E-state index in [4.69, 9.17) is 0 Å². The van der Waals surface area contributed by atoms with Crippen LogP contribution < -0.4 is 5.69 Å². The van der Waals surface area contributed by atoms with E-state index in [9.17, 15) is 4.79 Å². The molecule has 0 radical (unpaired) electrons. The Labute approximate surface area is 160 Å². The van der Waals surface area contributed by atoms with Crippen LogP contribution >= 0.6 is 0 Å². The van der Waals surface area contributed by atoms with Crippen molar-refractivity contribution in [2.75, 3.05) is 0 Å². The van der Waals surface area contributed by atoms with E-state index >= 15 is 0 Å². The van der Waals surface area contributed by atoms with Gasteiger partial charge in [0.05, 0.1) is 12.1 Å². The predicted octanol–water partition coefficient (Wildman–Crippen LogP) is 3.35. The molecule has 0 aliphatic carbocycles. The van der Waals surface area contributed by atoms with Crippen LogP contribution in [0.1, 0.15) is 5.69 Å². The third-order valence-electron chi connectivity index (χ3n) is 4.81. The first-order valence-electron chi connectivity index (χ1n) is 9.12. The number of hydrogen-bond donors (Lipinski definition) is 0.